The molecule has 0 amide bonds. The van der Waals surface area contributed by atoms with E-state index in [2.05, 4.69) is 14.9 Å². The molecule has 9 nitrogen and oxygen atoms in total. The number of rotatable bonds is 12. The molecule has 1 aliphatic carbocycles. The summed E-state index contributed by atoms with van der Waals surface area (Å²) in [6.07, 6.45) is 8.36. The maximum atomic E-state index is 15.3. The molecule has 2 aliphatic rings. The van der Waals surface area contributed by atoms with Gasteiger partial charge in [0, 0.05) is 56.9 Å². The van der Waals surface area contributed by atoms with Crippen LogP contribution in [0, 0.1) is 11.7 Å². The van der Waals surface area contributed by atoms with E-state index in [9.17, 15) is 4.79 Å². The van der Waals surface area contributed by atoms with Crippen LogP contribution in [0.3, 0.4) is 0 Å². The van der Waals surface area contributed by atoms with E-state index in [1.54, 1.807) is 49.3 Å². The van der Waals surface area contributed by atoms with Crippen molar-refractivity contribution in [2.24, 2.45) is 13.0 Å². The molecule has 4 aromatic rings. The number of nitrogens with zero attached hydrogens (tertiary/aromatic N) is 4. The van der Waals surface area contributed by atoms with Crippen molar-refractivity contribution >= 4 is 10.9 Å². The fourth-order valence-electron chi connectivity index (χ4n) is 5.40. The number of aryl methyl sites for hydroxylation is 1. The number of morpholine rings is 1. The first-order valence-corrected chi connectivity index (χ1v) is 14.9. The van der Waals surface area contributed by atoms with E-state index in [0.717, 1.165) is 63.9 Å². The molecule has 0 atom stereocenters. The number of fused-ring (bicyclic) bond motifs is 1. The highest BCUT2D eigenvalue weighted by Crippen LogP contribution is 2.38. The lowest BCUT2D eigenvalue weighted by Gasteiger charge is -2.26. The zero-order chi connectivity index (χ0) is 29.8. The van der Waals surface area contributed by atoms with Crippen molar-refractivity contribution in [1.29, 1.82) is 0 Å². The molecule has 0 unspecified atom stereocenters. The van der Waals surface area contributed by atoms with E-state index in [0.29, 0.717) is 45.9 Å². The average molecular weight is 589 g/mol. The number of hydrogen-bond donors (Lipinski definition) is 0. The molecule has 3 heterocycles. The summed E-state index contributed by atoms with van der Waals surface area (Å²) in [5.74, 6) is 2.50. The Bertz CT molecular complexity index is 1650. The molecule has 0 radical (unpaired) electrons. The Balaban J connectivity index is 1.17. The first-order valence-electron chi connectivity index (χ1n) is 14.9. The van der Waals surface area contributed by atoms with Crippen molar-refractivity contribution in [3.63, 3.8) is 0 Å². The minimum absolute atomic E-state index is 0.0319. The molecule has 43 heavy (non-hydrogen) atoms. The lowest BCUT2D eigenvalue weighted by atomic mass is 10.1. The van der Waals surface area contributed by atoms with Gasteiger partial charge in [-0.2, -0.15) is 0 Å². The van der Waals surface area contributed by atoms with Gasteiger partial charge in [0.1, 0.15) is 11.6 Å². The largest absolute Gasteiger partial charge is 0.493 e. The molecular formula is C33H37FN4O5. The second-order valence-electron chi connectivity index (χ2n) is 11.2. The van der Waals surface area contributed by atoms with Crippen molar-refractivity contribution in [2.45, 2.75) is 32.1 Å². The second kappa shape index (κ2) is 13.1. The van der Waals surface area contributed by atoms with Gasteiger partial charge >= 0.3 is 0 Å². The van der Waals surface area contributed by atoms with Gasteiger partial charge < -0.3 is 18.9 Å². The summed E-state index contributed by atoms with van der Waals surface area (Å²) >= 11 is 0. The van der Waals surface area contributed by atoms with Gasteiger partial charge in [-0.15, -0.1) is 0 Å². The Hall–Kier alpha value is -4.02. The van der Waals surface area contributed by atoms with Crippen LogP contribution in [0.5, 0.6) is 23.0 Å². The third-order valence-electron chi connectivity index (χ3n) is 8.17. The Morgan fingerprint density at radius 2 is 1.86 bits per heavy atom. The monoisotopic (exact) mass is 588 g/mol. The summed E-state index contributed by atoms with van der Waals surface area (Å²) < 4.78 is 40.0. The minimum atomic E-state index is -0.588. The van der Waals surface area contributed by atoms with Gasteiger partial charge in [-0.1, -0.05) is 18.9 Å². The van der Waals surface area contributed by atoms with E-state index in [1.807, 2.05) is 6.07 Å². The van der Waals surface area contributed by atoms with E-state index in [1.165, 1.54) is 25.0 Å². The summed E-state index contributed by atoms with van der Waals surface area (Å²) in [5, 5.41) is 0.656. The van der Waals surface area contributed by atoms with E-state index >= 15 is 4.39 Å². The van der Waals surface area contributed by atoms with Gasteiger partial charge in [-0.05, 0) is 48.6 Å². The molecule has 1 saturated carbocycles. The Morgan fingerprint density at radius 1 is 1.02 bits per heavy atom. The molecule has 0 N–H and O–H groups in total. The van der Waals surface area contributed by atoms with Crippen LogP contribution in [0.1, 0.15) is 31.5 Å². The summed E-state index contributed by atoms with van der Waals surface area (Å²) in [7, 11) is 3.30. The fourth-order valence-corrected chi connectivity index (χ4v) is 5.40. The molecular weight excluding hydrogens is 551 g/mol. The van der Waals surface area contributed by atoms with Crippen molar-refractivity contribution in [1.82, 2.24) is 19.4 Å². The van der Waals surface area contributed by atoms with E-state index < -0.39 is 5.82 Å². The summed E-state index contributed by atoms with van der Waals surface area (Å²) in [6, 6.07) is 9.80. The van der Waals surface area contributed by atoms with Crippen molar-refractivity contribution in [3.05, 3.63) is 70.8 Å². The third kappa shape index (κ3) is 6.81. The number of aromatic nitrogens is 3. The van der Waals surface area contributed by atoms with Crippen molar-refractivity contribution < 1.29 is 23.3 Å². The SMILES string of the molecule is COc1cc2c(Oc3ccc(-c4cnc(CCC5CC5)n(C)c4=O)cc3F)ccnc2cc1OCCCN1CCOCC1. The third-order valence-corrected chi connectivity index (χ3v) is 8.17. The van der Waals surface area contributed by atoms with Gasteiger partial charge in [0.2, 0.25) is 0 Å². The maximum Gasteiger partial charge on any atom is 0.261 e. The van der Waals surface area contributed by atoms with Gasteiger partial charge in [-0.25, -0.2) is 9.37 Å². The molecule has 0 bridgehead atoms. The molecule has 1 saturated heterocycles. The van der Waals surface area contributed by atoms with Gasteiger partial charge in [-0.3, -0.25) is 19.2 Å². The highest BCUT2D eigenvalue weighted by atomic mass is 19.1. The van der Waals surface area contributed by atoms with Gasteiger partial charge in [0.25, 0.3) is 5.56 Å². The average Bonchev–Trinajstić information content (AvgIpc) is 3.86. The molecule has 226 valence electrons. The molecule has 0 spiro atoms. The molecule has 6 rings (SSSR count). The smallest absolute Gasteiger partial charge is 0.261 e. The topological polar surface area (TPSA) is 87.9 Å². The maximum absolute atomic E-state index is 15.3. The standard InChI is InChI=1S/C33H37FN4O5/c1-37-32(9-6-22-4-5-22)36-21-25(33(37)39)23-7-8-29(26(34)18-23)43-28-10-11-35-27-20-31(30(40-2)19-24(27)28)42-15-3-12-38-13-16-41-17-14-38/h7-8,10-11,18-22H,3-6,9,12-17H2,1-2H3. The summed E-state index contributed by atoms with van der Waals surface area (Å²) in [5.41, 5.74) is 1.23. The lowest BCUT2D eigenvalue weighted by molar-refractivity contribution is 0.0357. The number of ether oxygens (including phenoxy) is 4. The molecule has 10 heteroatoms. The van der Waals surface area contributed by atoms with Crippen molar-refractivity contribution in [2.75, 3.05) is 46.6 Å². The number of methoxy groups -OCH3 is 1. The van der Waals surface area contributed by atoms with Crippen LogP contribution < -0.4 is 19.8 Å². The van der Waals surface area contributed by atoms with Crippen LogP contribution in [0.15, 0.2) is 53.6 Å². The summed E-state index contributed by atoms with van der Waals surface area (Å²) in [6.45, 7) is 4.91. The molecule has 2 aromatic heterocycles. The first kappa shape index (κ1) is 29.1. The molecule has 1 aliphatic heterocycles. The number of benzene rings is 2. The predicted octanol–water partition coefficient (Wildman–Crippen LogP) is 5.38. The highest BCUT2D eigenvalue weighted by molar-refractivity contribution is 5.88. The molecule has 2 fully saturated rings. The number of pyridine rings is 1. The highest BCUT2D eigenvalue weighted by Gasteiger charge is 2.22. The number of hydrogen-bond acceptors (Lipinski definition) is 8. The quantitative estimate of drug-likeness (QED) is 0.204. The van der Waals surface area contributed by atoms with Gasteiger partial charge in [0.05, 0.1) is 38.0 Å². The summed E-state index contributed by atoms with van der Waals surface area (Å²) in [4.78, 5) is 24.4. The van der Waals surface area contributed by atoms with Crippen LogP contribution in [0.4, 0.5) is 4.39 Å². The van der Waals surface area contributed by atoms with Crippen LogP contribution in [-0.4, -0.2) is 66.0 Å². The van der Waals surface area contributed by atoms with Gasteiger partial charge in [0.15, 0.2) is 23.1 Å². The Morgan fingerprint density at radius 3 is 2.63 bits per heavy atom. The zero-order valence-electron chi connectivity index (χ0n) is 24.7. The second-order valence-corrected chi connectivity index (χ2v) is 11.2. The zero-order valence-corrected chi connectivity index (χ0v) is 24.7. The lowest BCUT2D eigenvalue weighted by Crippen LogP contribution is -2.37. The minimum Gasteiger partial charge on any atom is -0.493 e. The van der Waals surface area contributed by atoms with Crippen LogP contribution in [0.2, 0.25) is 0 Å². The Kier molecular flexibility index (Phi) is 8.85. The van der Waals surface area contributed by atoms with Crippen molar-refractivity contribution in [3.8, 4) is 34.1 Å². The Labute approximate surface area is 250 Å². The van der Waals surface area contributed by atoms with Crippen LogP contribution >= 0.6 is 0 Å². The van der Waals surface area contributed by atoms with Crippen LogP contribution in [0.25, 0.3) is 22.0 Å². The predicted molar refractivity (Wildman–Crippen MR) is 162 cm³/mol. The normalized spacial score (nSPS) is 15.5. The van der Waals surface area contributed by atoms with Crippen LogP contribution in [-0.2, 0) is 18.2 Å². The number of halogens is 1. The molecule has 2 aromatic carbocycles. The fraction of sp³-hybridized carbons (Fsp3) is 0.424. The van der Waals surface area contributed by atoms with E-state index in [4.69, 9.17) is 18.9 Å². The first-order chi connectivity index (χ1) is 21.0. The van der Waals surface area contributed by atoms with E-state index in [-0.39, 0.29) is 11.3 Å².